The highest BCUT2D eigenvalue weighted by Crippen LogP contribution is 2.47. The van der Waals surface area contributed by atoms with E-state index in [2.05, 4.69) is 56.3 Å². The van der Waals surface area contributed by atoms with Gasteiger partial charge >= 0.3 is 6.09 Å². The number of carbonyl (C=O) groups excluding carboxylic acids is 1. The summed E-state index contributed by atoms with van der Waals surface area (Å²) in [5.41, 5.74) is 3.16. The van der Waals surface area contributed by atoms with E-state index in [0.717, 1.165) is 30.7 Å². The normalized spacial score (nSPS) is 20.5. The number of nitrogens with zero attached hydrogens (tertiary/aromatic N) is 1. The summed E-state index contributed by atoms with van der Waals surface area (Å²) < 4.78 is 17.8. The number of H-pyrrole nitrogens is 1. The Morgan fingerprint density at radius 1 is 1.14 bits per heavy atom. The number of carbonyl (C=O) groups is 1. The second-order valence-electron chi connectivity index (χ2n) is 13.1. The van der Waals surface area contributed by atoms with E-state index in [1.807, 2.05) is 31.7 Å². The van der Waals surface area contributed by atoms with Gasteiger partial charge in [-0.05, 0) is 69.4 Å². The van der Waals surface area contributed by atoms with E-state index in [0.29, 0.717) is 19.7 Å². The zero-order chi connectivity index (χ0) is 26.5. The number of piperidine rings is 1. The lowest BCUT2D eigenvalue weighted by molar-refractivity contribution is 0.0156. The first-order valence-corrected chi connectivity index (χ1v) is 16.1. The van der Waals surface area contributed by atoms with Gasteiger partial charge in [0.25, 0.3) is 0 Å². The van der Waals surface area contributed by atoms with Crippen molar-refractivity contribution in [1.82, 2.24) is 15.2 Å². The summed E-state index contributed by atoms with van der Waals surface area (Å²) in [5.74, 6) is 0.844. The van der Waals surface area contributed by atoms with Crippen molar-refractivity contribution in [3.05, 3.63) is 29.5 Å². The van der Waals surface area contributed by atoms with Crippen LogP contribution < -0.4 is 10.1 Å². The topological polar surface area (TPSA) is 75.8 Å². The van der Waals surface area contributed by atoms with Crippen molar-refractivity contribution < 1.29 is 18.7 Å². The number of hydrogen-bond acceptors (Lipinski definition) is 5. The average Bonchev–Trinajstić information content (AvgIpc) is 3.17. The summed E-state index contributed by atoms with van der Waals surface area (Å²) in [6, 6.07) is 6.41. The third-order valence-electron chi connectivity index (χ3n) is 8.39. The van der Waals surface area contributed by atoms with Crippen LogP contribution in [0.15, 0.2) is 18.2 Å². The Morgan fingerprint density at radius 3 is 2.39 bits per heavy atom. The number of nitrogens with one attached hydrogen (secondary N) is 2. The van der Waals surface area contributed by atoms with Crippen LogP contribution in [0.25, 0.3) is 10.9 Å². The van der Waals surface area contributed by atoms with Gasteiger partial charge in [0.15, 0.2) is 8.32 Å². The lowest BCUT2D eigenvalue weighted by atomic mass is 9.69. The van der Waals surface area contributed by atoms with E-state index >= 15 is 0 Å². The van der Waals surface area contributed by atoms with Crippen molar-refractivity contribution in [2.24, 2.45) is 0 Å². The fourth-order valence-electron chi connectivity index (χ4n) is 5.19. The molecule has 1 atom stereocenters. The number of ether oxygens (including phenoxy) is 2. The number of amides is 1. The van der Waals surface area contributed by atoms with Crippen molar-refractivity contribution in [3.8, 4) is 5.75 Å². The minimum Gasteiger partial charge on any atom is -0.497 e. The Balaban J connectivity index is 1.64. The van der Waals surface area contributed by atoms with E-state index in [9.17, 15) is 4.79 Å². The molecule has 0 saturated carbocycles. The Kier molecular flexibility index (Phi) is 7.03. The smallest absolute Gasteiger partial charge is 0.410 e. The molecule has 8 heteroatoms. The summed E-state index contributed by atoms with van der Waals surface area (Å²) in [4.78, 5) is 18.3. The van der Waals surface area contributed by atoms with Crippen LogP contribution in [0, 0.1) is 0 Å². The third kappa shape index (κ3) is 5.17. The number of fused-ring (bicyclic) bond motifs is 4. The highest BCUT2D eigenvalue weighted by atomic mass is 28.4. The molecule has 2 N–H and O–H groups in total. The van der Waals surface area contributed by atoms with Crippen molar-refractivity contribution in [1.29, 1.82) is 0 Å². The molecule has 3 heterocycles. The molecule has 0 aliphatic carbocycles. The first kappa shape index (κ1) is 27.0. The largest absolute Gasteiger partial charge is 0.497 e. The predicted molar refractivity (Wildman–Crippen MR) is 147 cm³/mol. The predicted octanol–water partition coefficient (Wildman–Crippen LogP) is 6.11. The van der Waals surface area contributed by atoms with Gasteiger partial charge in [-0.2, -0.15) is 0 Å². The number of benzene rings is 1. The number of rotatable bonds is 4. The summed E-state index contributed by atoms with van der Waals surface area (Å²) in [6.07, 6.45) is 1.56. The standard InChI is InChI=1S/C28H45N3O4Si/c1-26(2,3)35-25(32)31-14-12-28(13-15-31)18-29-22(17-34-36(8,9)27(4,5)6)24-23(28)20-11-10-19(33-7)16-21(20)30-24/h10-11,16,22,29-30H,12-15,17-18H2,1-9H3/t22-/m1/s1. The SMILES string of the molecule is COc1ccc2c3c([nH]c2c1)[C@@H](CO[Si](C)(C)C(C)(C)C)NCC31CCN(C(=O)OC(C)(C)C)CC1. The van der Waals surface area contributed by atoms with Crippen LogP contribution >= 0.6 is 0 Å². The molecule has 1 aromatic carbocycles. The highest BCUT2D eigenvalue weighted by Gasteiger charge is 2.46. The first-order valence-electron chi connectivity index (χ1n) is 13.2. The van der Waals surface area contributed by atoms with Gasteiger partial charge in [0.2, 0.25) is 0 Å². The van der Waals surface area contributed by atoms with Crippen LogP contribution in [-0.2, 0) is 14.6 Å². The number of methoxy groups -OCH3 is 1. The van der Waals surface area contributed by atoms with Crippen LogP contribution in [-0.4, -0.2) is 63.2 Å². The maximum Gasteiger partial charge on any atom is 0.410 e. The number of hydrogen-bond donors (Lipinski definition) is 2. The van der Waals surface area contributed by atoms with Gasteiger partial charge < -0.3 is 29.1 Å². The summed E-state index contributed by atoms with van der Waals surface area (Å²) in [7, 11) is -0.182. The fourth-order valence-corrected chi connectivity index (χ4v) is 6.20. The summed E-state index contributed by atoms with van der Waals surface area (Å²) >= 11 is 0. The molecule has 36 heavy (non-hydrogen) atoms. The molecule has 2 aliphatic rings. The second kappa shape index (κ2) is 9.37. The minimum atomic E-state index is -1.89. The molecule has 1 aromatic heterocycles. The monoisotopic (exact) mass is 515 g/mol. The van der Waals surface area contributed by atoms with Gasteiger partial charge in [-0.15, -0.1) is 0 Å². The van der Waals surface area contributed by atoms with E-state index in [1.54, 1.807) is 7.11 Å². The molecule has 4 rings (SSSR count). The van der Waals surface area contributed by atoms with Crippen LogP contribution in [0.5, 0.6) is 5.75 Å². The molecule has 1 amide bonds. The molecule has 0 bridgehead atoms. The number of aromatic amines is 1. The van der Waals surface area contributed by atoms with Crippen molar-refractivity contribution in [2.75, 3.05) is 33.4 Å². The Hall–Kier alpha value is -2.03. The highest BCUT2D eigenvalue weighted by molar-refractivity contribution is 6.74. The molecule has 0 radical (unpaired) electrons. The first-order chi connectivity index (χ1) is 16.7. The Morgan fingerprint density at radius 2 is 1.81 bits per heavy atom. The van der Waals surface area contributed by atoms with Crippen molar-refractivity contribution in [3.63, 3.8) is 0 Å². The van der Waals surface area contributed by atoms with Gasteiger partial charge in [0.05, 0.1) is 19.8 Å². The van der Waals surface area contributed by atoms with Gasteiger partial charge in [-0.1, -0.05) is 20.8 Å². The zero-order valence-corrected chi connectivity index (χ0v) is 24.6. The van der Waals surface area contributed by atoms with Crippen molar-refractivity contribution >= 4 is 25.3 Å². The fraction of sp³-hybridized carbons (Fsp3) is 0.679. The maximum absolute atomic E-state index is 12.7. The molecule has 1 fully saturated rings. The summed E-state index contributed by atoms with van der Waals surface area (Å²) in [6.45, 7) is 20.1. The zero-order valence-electron chi connectivity index (χ0n) is 23.6. The van der Waals surface area contributed by atoms with Crippen LogP contribution in [0.1, 0.15) is 71.7 Å². The van der Waals surface area contributed by atoms with Gasteiger partial charge in [-0.3, -0.25) is 0 Å². The van der Waals surface area contributed by atoms with Gasteiger partial charge in [-0.25, -0.2) is 4.79 Å². The minimum absolute atomic E-state index is 0.0475. The third-order valence-corrected chi connectivity index (χ3v) is 12.9. The van der Waals surface area contributed by atoms with Crippen LogP contribution in [0.3, 0.4) is 0 Å². The molecule has 1 spiro atoms. The Bertz CT molecular complexity index is 1100. The summed E-state index contributed by atoms with van der Waals surface area (Å²) in [5, 5.41) is 5.24. The molecule has 200 valence electrons. The molecule has 0 unspecified atom stereocenters. The second-order valence-corrected chi connectivity index (χ2v) is 17.9. The van der Waals surface area contributed by atoms with E-state index in [1.165, 1.54) is 16.6 Å². The molecule has 2 aromatic rings. The molecule has 1 saturated heterocycles. The molecule has 2 aliphatic heterocycles. The number of likely N-dealkylation sites (tertiary alicyclic amines) is 1. The quantitative estimate of drug-likeness (QED) is 0.481. The van der Waals surface area contributed by atoms with Crippen molar-refractivity contribution in [2.45, 2.75) is 89.6 Å². The maximum atomic E-state index is 12.7. The molecule has 7 nitrogen and oxygen atoms in total. The Labute approximate surface area is 217 Å². The van der Waals surface area contributed by atoms with E-state index in [-0.39, 0.29) is 22.6 Å². The molecular weight excluding hydrogens is 470 g/mol. The number of aromatic nitrogens is 1. The van der Waals surface area contributed by atoms with Crippen LogP contribution in [0.2, 0.25) is 18.1 Å². The van der Waals surface area contributed by atoms with Gasteiger partial charge in [0, 0.05) is 47.7 Å². The van der Waals surface area contributed by atoms with E-state index in [4.69, 9.17) is 13.9 Å². The lowest BCUT2D eigenvalue weighted by Gasteiger charge is -2.47. The van der Waals surface area contributed by atoms with E-state index < -0.39 is 13.9 Å². The van der Waals surface area contributed by atoms with Gasteiger partial charge in [0.1, 0.15) is 11.4 Å². The molecular formula is C28H45N3O4Si. The van der Waals surface area contributed by atoms with Crippen LogP contribution in [0.4, 0.5) is 4.79 Å². The average molecular weight is 516 g/mol. The lowest BCUT2D eigenvalue weighted by Crippen LogP contribution is -2.54.